The lowest BCUT2D eigenvalue weighted by Crippen LogP contribution is -1.70. The fourth-order valence-electron chi connectivity index (χ4n) is 0.0505. The van der Waals surface area contributed by atoms with Crippen molar-refractivity contribution in [3.63, 3.8) is 0 Å². The molecule has 0 aliphatic carbocycles. The van der Waals surface area contributed by atoms with Crippen LogP contribution in [0.5, 0.6) is 0 Å². The zero-order chi connectivity index (χ0) is 6.83. The fraction of sp³-hybridized carbons (Fsp3) is 1.00. The van der Waals surface area contributed by atoms with Crippen LogP contribution in [0.3, 0.4) is 0 Å². The summed E-state index contributed by atoms with van der Waals surface area (Å²) >= 11 is 20.0. The Bertz CT molecular complexity index is 22.0. The summed E-state index contributed by atoms with van der Waals surface area (Å²) in [6.45, 7) is 0. The Morgan fingerprint density at radius 2 is 1.00 bits per heavy atom. The molecule has 0 aliphatic heterocycles. The summed E-state index contributed by atoms with van der Waals surface area (Å²) in [5, 5.41) is 0.194. The first-order chi connectivity index (χ1) is 3.83. The molecular formula is C4H8Cl4. The molecule has 0 aliphatic rings. The molecule has 0 N–H and O–H groups in total. The summed E-state index contributed by atoms with van der Waals surface area (Å²) in [4.78, 5) is 0. The summed E-state index contributed by atoms with van der Waals surface area (Å²) in [5.41, 5.74) is 0. The lowest BCUT2D eigenvalue weighted by Gasteiger charge is -1.75. The minimum absolute atomic E-state index is 0.194. The van der Waals surface area contributed by atoms with Crippen molar-refractivity contribution in [2.24, 2.45) is 0 Å². The fourth-order valence-corrected chi connectivity index (χ4v) is 0.455. The predicted molar refractivity (Wildman–Crippen MR) is 42.6 cm³/mol. The summed E-state index contributed by atoms with van der Waals surface area (Å²) in [5.74, 6) is 1.37. The normalized spacial score (nSPS) is 7.50. The zero-order valence-corrected chi connectivity index (χ0v) is 7.36. The summed E-state index contributed by atoms with van der Waals surface area (Å²) < 4.78 is 0. The average Bonchev–Trinajstić information content (AvgIpc) is 1.71. The van der Waals surface area contributed by atoms with Gasteiger partial charge in [-0.05, 0) is 6.42 Å². The molecule has 0 aromatic heterocycles. The van der Waals surface area contributed by atoms with Gasteiger partial charge >= 0.3 is 0 Å². The topological polar surface area (TPSA) is 0 Å². The number of hydrogen-bond acceptors (Lipinski definition) is 0. The minimum Gasteiger partial charge on any atom is -0.127 e. The van der Waals surface area contributed by atoms with Gasteiger partial charge < -0.3 is 0 Å². The number of rotatable bonds is 2. The van der Waals surface area contributed by atoms with E-state index < -0.39 is 0 Å². The van der Waals surface area contributed by atoms with Crippen LogP contribution >= 0.6 is 46.4 Å². The molecule has 0 atom stereocenters. The SMILES string of the molecule is ClCCCCl.ClCCl. The van der Waals surface area contributed by atoms with Crippen molar-refractivity contribution in [2.45, 2.75) is 6.42 Å². The van der Waals surface area contributed by atoms with Crippen molar-refractivity contribution in [3.05, 3.63) is 0 Å². The molecule has 0 fully saturated rings. The van der Waals surface area contributed by atoms with Crippen molar-refractivity contribution in [1.82, 2.24) is 0 Å². The van der Waals surface area contributed by atoms with Crippen LogP contribution in [0.15, 0.2) is 0 Å². The third-order valence-electron chi connectivity index (χ3n) is 0.267. The van der Waals surface area contributed by atoms with Crippen LogP contribution in [-0.4, -0.2) is 17.1 Å². The Morgan fingerprint density at radius 1 is 0.750 bits per heavy atom. The van der Waals surface area contributed by atoms with Crippen molar-refractivity contribution in [2.75, 3.05) is 17.1 Å². The average molecular weight is 198 g/mol. The monoisotopic (exact) mass is 196 g/mol. The summed E-state index contributed by atoms with van der Waals surface area (Å²) in [6, 6.07) is 0. The van der Waals surface area contributed by atoms with E-state index in [2.05, 4.69) is 0 Å². The van der Waals surface area contributed by atoms with Gasteiger partial charge in [-0.25, -0.2) is 0 Å². The summed E-state index contributed by atoms with van der Waals surface area (Å²) in [6.07, 6.45) is 0.920. The quantitative estimate of drug-likeness (QED) is 0.597. The molecule has 0 amide bonds. The molecule has 0 saturated heterocycles. The van der Waals surface area contributed by atoms with Gasteiger partial charge in [-0.15, -0.1) is 46.4 Å². The molecule has 52 valence electrons. The van der Waals surface area contributed by atoms with Gasteiger partial charge in [0.2, 0.25) is 0 Å². The van der Waals surface area contributed by atoms with E-state index in [0.717, 1.165) is 6.42 Å². The van der Waals surface area contributed by atoms with Gasteiger partial charge in [0.1, 0.15) is 0 Å². The van der Waals surface area contributed by atoms with Crippen LogP contribution in [0.2, 0.25) is 0 Å². The molecule has 0 spiro atoms. The van der Waals surface area contributed by atoms with Crippen molar-refractivity contribution >= 4 is 46.4 Å². The molecule has 0 heterocycles. The Balaban J connectivity index is 0. The molecule has 4 heteroatoms. The van der Waals surface area contributed by atoms with Crippen LogP contribution < -0.4 is 0 Å². The first kappa shape index (κ1) is 11.9. The summed E-state index contributed by atoms with van der Waals surface area (Å²) in [7, 11) is 0. The molecule has 0 unspecified atom stereocenters. The van der Waals surface area contributed by atoms with Crippen LogP contribution in [0.25, 0.3) is 0 Å². The van der Waals surface area contributed by atoms with Crippen LogP contribution in [0.4, 0.5) is 0 Å². The third kappa shape index (κ3) is 27.2. The van der Waals surface area contributed by atoms with Crippen molar-refractivity contribution in [3.8, 4) is 0 Å². The first-order valence-electron chi connectivity index (χ1n) is 2.07. The Kier molecular flexibility index (Phi) is 23.4. The Morgan fingerprint density at radius 3 is 1.00 bits per heavy atom. The molecule has 0 radical (unpaired) electrons. The highest BCUT2D eigenvalue weighted by molar-refractivity contribution is 6.40. The first-order valence-corrected chi connectivity index (χ1v) is 4.21. The second-order valence-corrected chi connectivity index (χ2v) is 2.40. The highest BCUT2D eigenvalue weighted by Gasteiger charge is 1.72. The second-order valence-electron chi connectivity index (χ2n) is 0.833. The van der Waals surface area contributed by atoms with Crippen LogP contribution in [0.1, 0.15) is 6.42 Å². The van der Waals surface area contributed by atoms with E-state index >= 15 is 0 Å². The molecule has 0 aromatic carbocycles. The van der Waals surface area contributed by atoms with Gasteiger partial charge in [0.05, 0.1) is 5.34 Å². The smallest absolute Gasteiger partial charge is 0.0967 e. The van der Waals surface area contributed by atoms with Gasteiger partial charge in [0.15, 0.2) is 0 Å². The largest absolute Gasteiger partial charge is 0.127 e. The molecule has 0 saturated carbocycles. The maximum absolute atomic E-state index is 5.22. The highest BCUT2D eigenvalue weighted by atomic mass is 35.5. The second kappa shape index (κ2) is 15.7. The lowest BCUT2D eigenvalue weighted by atomic mass is 10.6. The number of hydrogen-bond donors (Lipinski definition) is 0. The van der Waals surface area contributed by atoms with Gasteiger partial charge in [-0.3, -0.25) is 0 Å². The third-order valence-corrected chi connectivity index (χ3v) is 0.802. The number of alkyl halides is 4. The maximum atomic E-state index is 5.22. The van der Waals surface area contributed by atoms with Gasteiger partial charge in [-0.1, -0.05) is 0 Å². The van der Waals surface area contributed by atoms with Crippen LogP contribution in [0, 0.1) is 0 Å². The molecule has 8 heavy (non-hydrogen) atoms. The molecule has 0 aromatic rings. The van der Waals surface area contributed by atoms with Gasteiger partial charge in [0, 0.05) is 11.8 Å². The van der Waals surface area contributed by atoms with E-state index in [9.17, 15) is 0 Å². The van der Waals surface area contributed by atoms with Crippen molar-refractivity contribution in [1.29, 1.82) is 0 Å². The maximum Gasteiger partial charge on any atom is 0.0967 e. The Hall–Kier alpha value is 1.16. The highest BCUT2D eigenvalue weighted by Crippen LogP contribution is 1.84. The van der Waals surface area contributed by atoms with E-state index in [0.29, 0.717) is 11.8 Å². The van der Waals surface area contributed by atoms with E-state index in [1.165, 1.54) is 0 Å². The van der Waals surface area contributed by atoms with E-state index in [4.69, 9.17) is 46.4 Å². The molecule has 0 bridgehead atoms. The lowest BCUT2D eigenvalue weighted by molar-refractivity contribution is 1.11. The van der Waals surface area contributed by atoms with E-state index in [1.54, 1.807) is 0 Å². The predicted octanol–water partition coefficient (Wildman–Crippen LogP) is 3.28. The number of halogens is 4. The zero-order valence-electron chi connectivity index (χ0n) is 4.34. The Labute approximate surface area is 70.1 Å². The van der Waals surface area contributed by atoms with Crippen LogP contribution in [-0.2, 0) is 0 Å². The molecule has 0 rings (SSSR count). The van der Waals surface area contributed by atoms with E-state index in [-0.39, 0.29) is 5.34 Å². The van der Waals surface area contributed by atoms with Gasteiger partial charge in [-0.2, -0.15) is 0 Å². The van der Waals surface area contributed by atoms with Crippen molar-refractivity contribution < 1.29 is 0 Å². The van der Waals surface area contributed by atoms with Gasteiger partial charge in [0.25, 0.3) is 0 Å². The minimum atomic E-state index is 0.194. The standard InChI is InChI=1S/C3H6Cl2.CH2Cl2/c4-2-1-3-5;2-1-3/h1-3H2;1H2. The van der Waals surface area contributed by atoms with E-state index in [1.807, 2.05) is 0 Å². The molecular weight excluding hydrogens is 190 g/mol. The molecule has 0 nitrogen and oxygen atoms in total.